The fourth-order valence-electron chi connectivity index (χ4n) is 0.968. The first-order valence-electron chi connectivity index (χ1n) is 3.91. The lowest BCUT2D eigenvalue weighted by Gasteiger charge is -2.07. The molecule has 4 heteroatoms. The largest absolute Gasteiger partial charge is 0.478 e. The van der Waals surface area contributed by atoms with Crippen molar-refractivity contribution < 1.29 is 4.74 Å². The first kappa shape index (κ1) is 8.77. The van der Waals surface area contributed by atoms with E-state index in [-0.39, 0.29) is 0 Å². The molecule has 0 aliphatic carbocycles. The standard InChI is InChI=1S/C8H13N3O/c1-4-12-8-6(2)7(9-3)10-5-11-8/h5H,4H2,1-3H3,(H,9,10,11). The van der Waals surface area contributed by atoms with Crippen LogP contribution in [0.5, 0.6) is 5.88 Å². The van der Waals surface area contributed by atoms with Gasteiger partial charge in [0, 0.05) is 7.05 Å². The Morgan fingerprint density at radius 2 is 2.25 bits per heavy atom. The minimum Gasteiger partial charge on any atom is -0.478 e. The minimum absolute atomic E-state index is 0.626. The third-order valence-electron chi connectivity index (χ3n) is 1.56. The van der Waals surface area contributed by atoms with Crippen molar-refractivity contribution in [3.8, 4) is 5.88 Å². The maximum atomic E-state index is 5.29. The van der Waals surface area contributed by atoms with Gasteiger partial charge in [0.05, 0.1) is 12.2 Å². The fourth-order valence-corrected chi connectivity index (χ4v) is 0.968. The van der Waals surface area contributed by atoms with E-state index in [9.17, 15) is 0 Å². The molecule has 0 bridgehead atoms. The molecule has 0 aromatic carbocycles. The Hall–Kier alpha value is -1.32. The van der Waals surface area contributed by atoms with E-state index in [1.807, 2.05) is 20.9 Å². The summed E-state index contributed by atoms with van der Waals surface area (Å²) >= 11 is 0. The van der Waals surface area contributed by atoms with Crippen LogP contribution in [0.4, 0.5) is 5.82 Å². The van der Waals surface area contributed by atoms with Gasteiger partial charge in [-0.15, -0.1) is 0 Å². The van der Waals surface area contributed by atoms with Gasteiger partial charge in [0.2, 0.25) is 5.88 Å². The van der Waals surface area contributed by atoms with E-state index in [0.29, 0.717) is 12.5 Å². The van der Waals surface area contributed by atoms with Gasteiger partial charge in [-0.2, -0.15) is 0 Å². The van der Waals surface area contributed by atoms with Crippen molar-refractivity contribution in [1.82, 2.24) is 9.97 Å². The van der Waals surface area contributed by atoms with Gasteiger partial charge >= 0.3 is 0 Å². The molecule has 1 rings (SSSR count). The summed E-state index contributed by atoms with van der Waals surface area (Å²) in [5.41, 5.74) is 0.946. The van der Waals surface area contributed by atoms with Crippen LogP contribution in [-0.4, -0.2) is 23.6 Å². The molecular weight excluding hydrogens is 154 g/mol. The van der Waals surface area contributed by atoms with Gasteiger partial charge in [-0.25, -0.2) is 9.97 Å². The van der Waals surface area contributed by atoms with Crippen molar-refractivity contribution >= 4 is 5.82 Å². The summed E-state index contributed by atoms with van der Waals surface area (Å²) in [5, 5.41) is 2.96. The van der Waals surface area contributed by atoms with Crippen LogP contribution in [0, 0.1) is 6.92 Å². The Kier molecular flexibility index (Phi) is 2.85. The molecule has 0 unspecified atom stereocenters. The van der Waals surface area contributed by atoms with Crippen molar-refractivity contribution in [2.24, 2.45) is 0 Å². The average Bonchev–Trinajstić information content (AvgIpc) is 2.09. The molecule has 4 nitrogen and oxygen atoms in total. The summed E-state index contributed by atoms with van der Waals surface area (Å²) in [6, 6.07) is 0. The summed E-state index contributed by atoms with van der Waals surface area (Å²) in [6.07, 6.45) is 1.49. The normalized spacial score (nSPS) is 9.58. The molecule has 0 atom stereocenters. The first-order valence-corrected chi connectivity index (χ1v) is 3.91. The Morgan fingerprint density at radius 3 is 2.83 bits per heavy atom. The third-order valence-corrected chi connectivity index (χ3v) is 1.56. The van der Waals surface area contributed by atoms with Crippen LogP contribution in [0.1, 0.15) is 12.5 Å². The summed E-state index contributed by atoms with van der Waals surface area (Å²) < 4.78 is 5.29. The number of hydrogen-bond donors (Lipinski definition) is 1. The number of aromatic nitrogens is 2. The van der Waals surface area contributed by atoms with E-state index in [1.165, 1.54) is 6.33 Å². The molecule has 1 N–H and O–H groups in total. The summed E-state index contributed by atoms with van der Waals surface area (Å²) in [7, 11) is 1.82. The highest BCUT2D eigenvalue weighted by molar-refractivity contribution is 5.46. The number of hydrogen-bond acceptors (Lipinski definition) is 4. The Labute approximate surface area is 72.0 Å². The number of nitrogens with zero attached hydrogens (tertiary/aromatic N) is 2. The summed E-state index contributed by atoms with van der Waals surface area (Å²) in [5.74, 6) is 1.46. The average molecular weight is 167 g/mol. The molecule has 0 aliphatic heterocycles. The van der Waals surface area contributed by atoms with Crippen LogP contribution < -0.4 is 10.1 Å². The lowest BCUT2D eigenvalue weighted by Crippen LogP contribution is -2.02. The van der Waals surface area contributed by atoms with Gasteiger partial charge < -0.3 is 10.1 Å². The molecule has 0 saturated heterocycles. The van der Waals surface area contributed by atoms with Crippen LogP contribution in [0.15, 0.2) is 6.33 Å². The zero-order chi connectivity index (χ0) is 8.97. The van der Waals surface area contributed by atoms with Crippen LogP contribution >= 0.6 is 0 Å². The van der Waals surface area contributed by atoms with Crippen LogP contribution in [0.3, 0.4) is 0 Å². The SMILES string of the molecule is CCOc1ncnc(NC)c1C. The smallest absolute Gasteiger partial charge is 0.221 e. The monoisotopic (exact) mass is 167 g/mol. The maximum Gasteiger partial charge on any atom is 0.221 e. The van der Waals surface area contributed by atoms with Crippen LogP contribution in [0.25, 0.3) is 0 Å². The van der Waals surface area contributed by atoms with Gasteiger partial charge in [-0.3, -0.25) is 0 Å². The van der Waals surface area contributed by atoms with E-state index in [0.717, 1.165) is 11.4 Å². The molecule has 0 radical (unpaired) electrons. The Morgan fingerprint density at radius 1 is 1.50 bits per heavy atom. The van der Waals surface area contributed by atoms with Crippen molar-refractivity contribution in [1.29, 1.82) is 0 Å². The van der Waals surface area contributed by atoms with Gasteiger partial charge in [0.25, 0.3) is 0 Å². The number of ether oxygens (including phenoxy) is 1. The van der Waals surface area contributed by atoms with Crippen molar-refractivity contribution in [2.45, 2.75) is 13.8 Å². The molecule has 12 heavy (non-hydrogen) atoms. The molecule has 1 aromatic rings. The van der Waals surface area contributed by atoms with Gasteiger partial charge in [0.1, 0.15) is 12.1 Å². The number of rotatable bonds is 3. The lowest BCUT2D eigenvalue weighted by molar-refractivity contribution is 0.324. The van der Waals surface area contributed by atoms with Crippen LogP contribution in [-0.2, 0) is 0 Å². The van der Waals surface area contributed by atoms with Crippen molar-refractivity contribution in [3.63, 3.8) is 0 Å². The molecule has 0 amide bonds. The zero-order valence-corrected chi connectivity index (χ0v) is 7.59. The lowest BCUT2D eigenvalue weighted by atomic mass is 10.3. The highest BCUT2D eigenvalue weighted by atomic mass is 16.5. The summed E-state index contributed by atoms with van der Waals surface area (Å²) in [6.45, 7) is 4.48. The zero-order valence-electron chi connectivity index (χ0n) is 7.59. The van der Waals surface area contributed by atoms with E-state index in [2.05, 4.69) is 15.3 Å². The number of anilines is 1. The van der Waals surface area contributed by atoms with Gasteiger partial charge in [-0.1, -0.05) is 0 Å². The highest BCUT2D eigenvalue weighted by Crippen LogP contribution is 2.19. The van der Waals surface area contributed by atoms with E-state index >= 15 is 0 Å². The number of nitrogens with one attached hydrogen (secondary N) is 1. The fraction of sp³-hybridized carbons (Fsp3) is 0.500. The van der Waals surface area contributed by atoms with Crippen molar-refractivity contribution in [2.75, 3.05) is 19.0 Å². The molecular formula is C8H13N3O. The molecule has 0 fully saturated rings. The molecule has 0 saturated carbocycles. The van der Waals surface area contributed by atoms with E-state index in [4.69, 9.17) is 4.74 Å². The van der Waals surface area contributed by atoms with Gasteiger partial charge in [-0.05, 0) is 13.8 Å². The van der Waals surface area contributed by atoms with Crippen LogP contribution in [0.2, 0.25) is 0 Å². The first-order chi connectivity index (χ1) is 5.79. The second-order valence-electron chi connectivity index (χ2n) is 2.34. The molecule has 66 valence electrons. The quantitative estimate of drug-likeness (QED) is 0.735. The predicted molar refractivity (Wildman–Crippen MR) is 47.5 cm³/mol. The van der Waals surface area contributed by atoms with Crippen molar-refractivity contribution in [3.05, 3.63) is 11.9 Å². The second kappa shape index (κ2) is 3.90. The third kappa shape index (κ3) is 1.64. The Balaban J connectivity index is 2.97. The molecule has 0 spiro atoms. The van der Waals surface area contributed by atoms with E-state index in [1.54, 1.807) is 0 Å². The van der Waals surface area contributed by atoms with E-state index < -0.39 is 0 Å². The Bertz CT molecular complexity index is 262. The molecule has 0 aliphatic rings. The highest BCUT2D eigenvalue weighted by Gasteiger charge is 2.04. The molecule has 1 heterocycles. The second-order valence-corrected chi connectivity index (χ2v) is 2.34. The summed E-state index contributed by atoms with van der Waals surface area (Å²) in [4.78, 5) is 8.04. The molecule has 1 aromatic heterocycles. The van der Waals surface area contributed by atoms with Gasteiger partial charge in [0.15, 0.2) is 0 Å². The minimum atomic E-state index is 0.626. The maximum absolute atomic E-state index is 5.29. The predicted octanol–water partition coefficient (Wildman–Crippen LogP) is 1.23. The topological polar surface area (TPSA) is 47.0 Å².